The van der Waals surface area contributed by atoms with Crippen molar-refractivity contribution in [3.63, 3.8) is 0 Å². The van der Waals surface area contributed by atoms with Crippen LogP contribution in [0.25, 0.3) is 0 Å². The van der Waals surface area contributed by atoms with Gasteiger partial charge in [0.25, 0.3) is 5.91 Å². The average Bonchev–Trinajstić information content (AvgIpc) is 2.72. The van der Waals surface area contributed by atoms with Crippen LogP contribution in [0, 0.1) is 0 Å². The first-order chi connectivity index (χ1) is 13.1. The SMILES string of the molecule is COc1ccccc1N1CCN(C(=O)CNC(=O)c2ccccc2Cl)CC1. The van der Waals surface area contributed by atoms with E-state index in [2.05, 4.69) is 10.2 Å². The number of ether oxygens (including phenoxy) is 1. The molecule has 1 aliphatic heterocycles. The van der Waals surface area contributed by atoms with Crippen LogP contribution < -0.4 is 15.0 Å². The molecule has 0 spiro atoms. The van der Waals surface area contributed by atoms with Crippen molar-refractivity contribution in [1.82, 2.24) is 10.2 Å². The van der Waals surface area contributed by atoms with E-state index in [1.165, 1.54) is 0 Å². The number of carbonyl (C=O) groups is 2. The molecule has 1 aliphatic rings. The molecule has 2 aromatic rings. The van der Waals surface area contributed by atoms with E-state index in [0.717, 1.165) is 11.4 Å². The molecule has 2 amide bonds. The molecule has 1 saturated heterocycles. The molecule has 1 heterocycles. The summed E-state index contributed by atoms with van der Waals surface area (Å²) in [6.07, 6.45) is 0. The van der Waals surface area contributed by atoms with Crippen LogP contribution in [0.2, 0.25) is 5.02 Å². The monoisotopic (exact) mass is 387 g/mol. The summed E-state index contributed by atoms with van der Waals surface area (Å²) in [4.78, 5) is 28.6. The number of piperazine rings is 1. The van der Waals surface area contributed by atoms with Crippen LogP contribution in [-0.4, -0.2) is 56.5 Å². The van der Waals surface area contributed by atoms with Crippen molar-refractivity contribution in [3.8, 4) is 5.75 Å². The second-order valence-electron chi connectivity index (χ2n) is 6.20. The zero-order valence-electron chi connectivity index (χ0n) is 15.2. The zero-order valence-corrected chi connectivity index (χ0v) is 15.9. The highest BCUT2D eigenvalue weighted by molar-refractivity contribution is 6.33. The first-order valence-electron chi connectivity index (χ1n) is 8.78. The maximum absolute atomic E-state index is 12.4. The van der Waals surface area contributed by atoms with Crippen LogP contribution in [-0.2, 0) is 4.79 Å². The van der Waals surface area contributed by atoms with Gasteiger partial charge < -0.3 is 19.9 Å². The number of hydrogen-bond donors (Lipinski definition) is 1. The van der Waals surface area contributed by atoms with Gasteiger partial charge in [0.1, 0.15) is 5.75 Å². The Kier molecular flexibility index (Phi) is 6.19. The van der Waals surface area contributed by atoms with Crippen molar-refractivity contribution >= 4 is 29.1 Å². The van der Waals surface area contributed by atoms with Gasteiger partial charge in [-0.25, -0.2) is 0 Å². The standard InChI is InChI=1S/C20H22ClN3O3/c1-27-18-9-5-4-8-17(18)23-10-12-24(13-11-23)19(25)14-22-20(26)15-6-2-3-7-16(15)21/h2-9H,10-14H2,1H3,(H,22,26). The lowest BCUT2D eigenvalue weighted by Crippen LogP contribution is -2.51. The lowest BCUT2D eigenvalue weighted by Gasteiger charge is -2.36. The maximum Gasteiger partial charge on any atom is 0.253 e. The van der Waals surface area contributed by atoms with Gasteiger partial charge in [-0.3, -0.25) is 9.59 Å². The van der Waals surface area contributed by atoms with E-state index in [1.807, 2.05) is 24.3 Å². The minimum atomic E-state index is -0.346. The van der Waals surface area contributed by atoms with E-state index in [9.17, 15) is 9.59 Å². The van der Waals surface area contributed by atoms with E-state index in [1.54, 1.807) is 36.3 Å². The number of benzene rings is 2. The summed E-state index contributed by atoms with van der Waals surface area (Å²) in [7, 11) is 1.65. The largest absolute Gasteiger partial charge is 0.495 e. The lowest BCUT2D eigenvalue weighted by molar-refractivity contribution is -0.130. The number of halogens is 1. The molecule has 2 aromatic carbocycles. The Morgan fingerprint density at radius 1 is 1.04 bits per heavy atom. The zero-order chi connectivity index (χ0) is 19.2. The van der Waals surface area contributed by atoms with Gasteiger partial charge in [0, 0.05) is 26.2 Å². The highest BCUT2D eigenvalue weighted by atomic mass is 35.5. The molecule has 1 fully saturated rings. The highest BCUT2D eigenvalue weighted by Crippen LogP contribution is 2.28. The summed E-state index contributed by atoms with van der Waals surface area (Å²) < 4.78 is 5.41. The third-order valence-corrected chi connectivity index (χ3v) is 4.91. The molecule has 142 valence electrons. The highest BCUT2D eigenvalue weighted by Gasteiger charge is 2.23. The van der Waals surface area contributed by atoms with Crippen LogP contribution in [0.5, 0.6) is 5.75 Å². The number of hydrogen-bond acceptors (Lipinski definition) is 4. The molecule has 6 nitrogen and oxygen atoms in total. The number of carbonyl (C=O) groups excluding carboxylic acids is 2. The smallest absolute Gasteiger partial charge is 0.253 e. The lowest BCUT2D eigenvalue weighted by atomic mass is 10.2. The summed E-state index contributed by atoms with van der Waals surface area (Å²) in [5.74, 6) is 0.376. The predicted octanol–water partition coefficient (Wildman–Crippen LogP) is 2.43. The molecular weight excluding hydrogens is 366 g/mol. The molecule has 7 heteroatoms. The fourth-order valence-electron chi connectivity index (χ4n) is 3.10. The van der Waals surface area contributed by atoms with Gasteiger partial charge in [-0.15, -0.1) is 0 Å². The fourth-order valence-corrected chi connectivity index (χ4v) is 3.32. The summed E-state index contributed by atoms with van der Waals surface area (Å²) in [6.45, 7) is 2.57. The van der Waals surface area contributed by atoms with Crippen molar-refractivity contribution < 1.29 is 14.3 Å². The predicted molar refractivity (Wildman–Crippen MR) is 106 cm³/mol. The number of methoxy groups -OCH3 is 1. The van der Waals surface area contributed by atoms with Gasteiger partial charge in [0.15, 0.2) is 0 Å². The molecule has 0 atom stereocenters. The topological polar surface area (TPSA) is 61.9 Å². The van der Waals surface area contributed by atoms with Crippen LogP contribution in [0.1, 0.15) is 10.4 Å². The Hall–Kier alpha value is -2.73. The van der Waals surface area contributed by atoms with Gasteiger partial charge in [-0.2, -0.15) is 0 Å². The van der Waals surface area contributed by atoms with Crippen molar-refractivity contribution in [1.29, 1.82) is 0 Å². The molecule has 1 N–H and O–H groups in total. The minimum absolute atomic E-state index is 0.0429. The first kappa shape index (κ1) is 19.0. The molecular formula is C20H22ClN3O3. The molecule has 0 bridgehead atoms. The molecule has 0 saturated carbocycles. The quantitative estimate of drug-likeness (QED) is 0.856. The Balaban J connectivity index is 1.51. The fraction of sp³-hybridized carbons (Fsp3) is 0.300. The Morgan fingerprint density at radius 2 is 1.70 bits per heavy atom. The van der Waals surface area contributed by atoms with Gasteiger partial charge in [0.05, 0.1) is 29.9 Å². The second-order valence-corrected chi connectivity index (χ2v) is 6.61. The molecule has 3 rings (SSSR count). The third kappa shape index (κ3) is 4.52. The number of amides is 2. The number of para-hydroxylation sites is 2. The Labute approximate surface area is 163 Å². The maximum atomic E-state index is 12.4. The van der Waals surface area contributed by atoms with Crippen molar-refractivity contribution in [2.45, 2.75) is 0 Å². The second kappa shape index (κ2) is 8.77. The van der Waals surface area contributed by atoms with Gasteiger partial charge in [0.2, 0.25) is 5.91 Å². The number of rotatable bonds is 5. The Bertz CT molecular complexity index is 820. The van der Waals surface area contributed by atoms with E-state index in [0.29, 0.717) is 36.8 Å². The first-order valence-corrected chi connectivity index (χ1v) is 9.16. The molecule has 0 unspecified atom stereocenters. The summed E-state index contributed by atoms with van der Waals surface area (Å²) in [6, 6.07) is 14.6. The summed E-state index contributed by atoms with van der Waals surface area (Å²) in [5.41, 5.74) is 1.40. The minimum Gasteiger partial charge on any atom is -0.495 e. The van der Waals surface area contributed by atoms with Crippen LogP contribution >= 0.6 is 11.6 Å². The van der Waals surface area contributed by atoms with Crippen LogP contribution in [0.15, 0.2) is 48.5 Å². The normalized spacial score (nSPS) is 14.0. The summed E-state index contributed by atoms with van der Waals surface area (Å²) in [5, 5.41) is 3.02. The number of anilines is 1. The van der Waals surface area contributed by atoms with Crippen LogP contribution in [0.3, 0.4) is 0 Å². The average molecular weight is 388 g/mol. The molecule has 27 heavy (non-hydrogen) atoms. The molecule has 0 radical (unpaired) electrons. The summed E-state index contributed by atoms with van der Waals surface area (Å²) >= 11 is 6.01. The molecule has 0 aliphatic carbocycles. The van der Waals surface area contributed by atoms with Crippen molar-refractivity contribution in [2.75, 3.05) is 44.7 Å². The Morgan fingerprint density at radius 3 is 2.41 bits per heavy atom. The van der Waals surface area contributed by atoms with Gasteiger partial charge in [-0.1, -0.05) is 35.9 Å². The number of nitrogens with zero attached hydrogens (tertiary/aromatic N) is 2. The van der Waals surface area contributed by atoms with Crippen LogP contribution in [0.4, 0.5) is 5.69 Å². The van der Waals surface area contributed by atoms with E-state index < -0.39 is 0 Å². The van der Waals surface area contributed by atoms with E-state index >= 15 is 0 Å². The van der Waals surface area contributed by atoms with Gasteiger partial charge in [-0.05, 0) is 24.3 Å². The van der Waals surface area contributed by atoms with E-state index in [4.69, 9.17) is 16.3 Å². The molecule has 0 aromatic heterocycles. The van der Waals surface area contributed by atoms with Gasteiger partial charge >= 0.3 is 0 Å². The van der Waals surface area contributed by atoms with Crippen molar-refractivity contribution in [2.24, 2.45) is 0 Å². The van der Waals surface area contributed by atoms with E-state index in [-0.39, 0.29) is 18.4 Å². The van der Waals surface area contributed by atoms with Crippen molar-refractivity contribution in [3.05, 3.63) is 59.1 Å². The number of nitrogens with one attached hydrogen (secondary N) is 1. The third-order valence-electron chi connectivity index (χ3n) is 4.58.